The molecule has 1 aromatic heterocycles. The molecule has 1 aliphatic rings. The number of sulfonamides is 1. The summed E-state index contributed by atoms with van der Waals surface area (Å²) in [7, 11) is -3.80. The zero-order valence-electron chi connectivity index (χ0n) is 14.2. The molecule has 0 fully saturated rings. The molecule has 1 aliphatic heterocycles. The summed E-state index contributed by atoms with van der Waals surface area (Å²) < 4.78 is 27.0. The minimum absolute atomic E-state index is 0.0400. The van der Waals surface area contributed by atoms with Crippen molar-refractivity contribution in [2.24, 2.45) is 0 Å². The Morgan fingerprint density at radius 3 is 2.62 bits per heavy atom. The molecule has 2 aromatic rings. The van der Waals surface area contributed by atoms with Crippen molar-refractivity contribution < 1.29 is 18.0 Å². The van der Waals surface area contributed by atoms with Crippen LogP contribution in [0.25, 0.3) is 0 Å². The molecule has 0 saturated carbocycles. The highest BCUT2D eigenvalue weighted by Gasteiger charge is 2.23. The number of benzene rings is 1. The van der Waals surface area contributed by atoms with Crippen LogP contribution in [0.5, 0.6) is 0 Å². The van der Waals surface area contributed by atoms with E-state index in [0.29, 0.717) is 18.8 Å². The Labute approximate surface area is 156 Å². The summed E-state index contributed by atoms with van der Waals surface area (Å²) in [5.41, 5.74) is 1.64. The lowest BCUT2D eigenvalue weighted by Gasteiger charge is -2.27. The third kappa shape index (κ3) is 4.29. The van der Waals surface area contributed by atoms with Gasteiger partial charge in [0.25, 0.3) is 0 Å². The number of anilines is 1. The van der Waals surface area contributed by atoms with E-state index in [0.717, 1.165) is 12.0 Å². The van der Waals surface area contributed by atoms with Gasteiger partial charge in [0.2, 0.25) is 21.8 Å². The smallest absolute Gasteiger partial charge is 0.241 e. The van der Waals surface area contributed by atoms with E-state index < -0.39 is 10.0 Å². The van der Waals surface area contributed by atoms with Gasteiger partial charge in [-0.2, -0.15) is 0 Å². The summed E-state index contributed by atoms with van der Waals surface area (Å²) in [4.78, 5) is 26.3. The standard InChI is InChI=1S/C17H19N3O4S2/c1-12(21)19-14-2-4-15(5-3-14)26(23,24)18-10-17(22)20-8-6-16-13(11-20)7-9-25-16/h2-5,7,9,18H,6,8,10-11H2,1H3,(H,19,21). The van der Waals surface area contributed by atoms with Crippen LogP contribution in [0.3, 0.4) is 0 Å². The van der Waals surface area contributed by atoms with Gasteiger partial charge < -0.3 is 10.2 Å². The summed E-state index contributed by atoms with van der Waals surface area (Å²) in [5, 5.41) is 4.57. The van der Waals surface area contributed by atoms with Crippen LogP contribution in [0.4, 0.5) is 5.69 Å². The maximum Gasteiger partial charge on any atom is 0.241 e. The molecule has 0 radical (unpaired) electrons. The van der Waals surface area contributed by atoms with Gasteiger partial charge in [-0.1, -0.05) is 0 Å². The van der Waals surface area contributed by atoms with Crippen LogP contribution in [0.2, 0.25) is 0 Å². The normalized spacial score (nSPS) is 14.0. The molecule has 0 atom stereocenters. The molecule has 0 aliphatic carbocycles. The van der Waals surface area contributed by atoms with Crippen molar-refractivity contribution in [1.29, 1.82) is 0 Å². The molecular formula is C17H19N3O4S2. The average Bonchev–Trinajstić information content (AvgIpc) is 3.07. The van der Waals surface area contributed by atoms with Crippen LogP contribution in [-0.2, 0) is 32.6 Å². The Kier molecular flexibility index (Phi) is 5.40. The zero-order valence-corrected chi connectivity index (χ0v) is 15.8. The van der Waals surface area contributed by atoms with Gasteiger partial charge in [0, 0.05) is 30.6 Å². The highest BCUT2D eigenvalue weighted by atomic mass is 32.2. The third-order valence-electron chi connectivity index (χ3n) is 4.06. The number of hydrogen-bond acceptors (Lipinski definition) is 5. The Morgan fingerprint density at radius 1 is 1.19 bits per heavy atom. The predicted octanol–water partition coefficient (Wildman–Crippen LogP) is 1.57. The predicted molar refractivity (Wildman–Crippen MR) is 99.4 cm³/mol. The van der Waals surface area contributed by atoms with Gasteiger partial charge in [0.15, 0.2) is 0 Å². The molecule has 0 spiro atoms. The van der Waals surface area contributed by atoms with E-state index in [2.05, 4.69) is 10.0 Å². The minimum Gasteiger partial charge on any atom is -0.337 e. The quantitative estimate of drug-likeness (QED) is 0.806. The van der Waals surface area contributed by atoms with Crippen molar-refractivity contribution in [3.8, 4) is 0 Å². The Morgan fingerprint density at radius 2 is 1.92 bits per heavy atom. The minimum atomic E-state index is -3.80. The lowest BCUT2D eigenvalue weighted by Crippen LogP contribution is -2.42. The second kappa shape index (κ2) is 7.56. The molecule has 138 valence electrons. The first-order valence-corrected chi connectivity index (χ1v) is 10.4. The van der Waals surface area contributed by atoms with E-state index in [1.54, 1.807) is 16.2 Å². The van der Waals surface area contributed by atoms with Crippen molar-refractivity contribution in [2.45, 2.75) is 24.8 Å². The van der Waals surface area contributed by atoms with E-state index in [-0.39, 0.29) is 23.3 Å². The van der Waals surface area contributed by atoms with Crippen LogP contribution >= 0.6 is 11.3 Å². The number of rotatable bonds is 5. The van der Waals surface area contributed by atoms with Gasteiger partial charge in [-0.15, -0.1) is 11.3 Å². The highest BCUT2D eigenvalue weighted by Crippen LogP contribution is 2.24. The molecule has 2 N–H and O–H groups in total. The van der Waals surface area contributed by atoms with E-state index in [1.807, 2.05) is 11.4 Å². The molecule has 0 unspecified atom stereocenters. The number of thiophene rings is 1. The van der Waals surface area contributed by atoms with Crippen molar-refractivity contribution >= 4 is 38.9 Å². The van der Waals surface area contributed by atoms with Gasteiger partial charge in [-0.05, 0) is 47.7 Å². The lowest BCUT2D eigenvalue weighted by atomic mass is 10.1. The number of carbonyl (C=O) groups excluding carboxylic acids is 2. The topological polar surface area (TPSA) is 95.6 Å². The molecule has 3 rings (SSSR count). The number of nitrogens with one attached hydrogen (secondary N) is 2. The number of nitrogens with zero attached hydrogens (tertiary/aromatic N) is 1. The Balaban J connectivity index is 1.59. The molecule has 1 aromatic carbocycles. The van der Waals surface area contributed by atoms with E-state index in [1.165, 1.54) is 36.1 Å². The molecular weight excluding hydrogens is 374 g/mol. The molecule has 2 heterocycles. The van der Waals surface area contributed by atoms with Crippen molar-refractivity contribution in [2.75, 3.05) is 18.4 Å². The molecule has 0 saturated heterocycles. The van der Waals surface area contributed by atoms with E-state index >= 15 is 0 Å². The van der Waals surface area contributed by atoms with Crippen molar-refractivity contribution in [3.05, 3.63) is 46.2 Å². The van der Waals surface area contributed by atoms with E-state index in [4.69, 9.17) is 0 Å². The second-order valence-corrected chi connectivity index (χ2v) is 8.73. The summed E-state index contributed by atoms with van der Waals surface area (Å²) in [5.74, 6) is -0.486. The van der Waals surface area contributed by atoms with Crippen molar-refractivity contribution in [3.63, 3.8) is 0 Å². The summed E-state index contributed by atoms with van der Waals surface area (Å²) in [6.45, 7) is 2.21. The number of amides is 2. The molecule has 0 bridgehead atoms. The first-order chi connectivity index (χ1) is 12.3. The van der Waals surface area contributed by atoms with Gasteiger partial charge >= 0.3 is 0 Å². The number of fused-ring (bicyclic) bond motifs is 1. The van der Waals surface area contributed by atoms with Crippen LogP contribution in [-0.4, -0.2) is 38.2 Å². The van der Waals surface area contributed by atoms with Crippen LogP contribution in [0.15, 0.2) is 40.6 Å². The first-order valence-electron chi connectivity index (χ1n) is 8.05. The first kappa shape index (κ1) is 18.6. The zero-order chi connectivity index (χ0) is 18.7. The van der Waals surface area contributed by atoms with Crippen LogP contribution < -0.4 is 10.0 Å². The Bertz CT molecular complexity index is 920. The van der Waals surface area contributed by atoms with Crippen molar-refractivity contribution in [1.82, 2.24) is 9.62 Å². The van der Waals surface area contributed by atoms with E-state index in [9.17, 15) is 18.0 Å². The SMILES string of the molecule is CC(=O)Nc1ccc(S(=O)(=O)NCC(=O)N2CCc3sccc3C2)cc1. The Hall–Kier alpha value is -2.23. The molecule has 9 heteroatoms. The van der Waals surface area contributed by atoms with Gasteiger partial charge in [0.05, 0.1) is 11.4 Å². The van der Waals surface area contributed by atoms with Crippen LogP contribution in [0.1, 0.15) is 17.4 Å². The maximum absolute atomic E-state index is 12.3. The molecule has 2 amide bonds. The summed E-state index contributed by atoms with van der Waals surface area (Å²) >= 11 is 1.68. The average molecular weight is 393 g/mol. The second-order valence-electron chi connectivity index (χ2n) is 5.96. The fourth-order valence-corrected chi connectivity index (χ4v) is 4.60. The van der Waals surface area contributed by atoms with Gasteiger partial charge in [-0.3, -0.25) is 9.59 Å². The summed E-state index contributed by atoms with van der Waals surface area (Å²) in [6.07, 6.45) is 0.802. The molecule has 7 nitrogen and oxygen atoms in total. The van der Waals surface area contributed by atoms with Gasteiger partial charge in [0.1, 0.15) is 0 Å². The third-order valence-corrected chi connectivity index (χ3v) is 6.50. The lowest BCUT2D eigenvalue weighted by molar-refractivity contribution is -0.130. The largest absolute Gasteiger partial charge is 0.337 e. The number of hydrogen-bond donors (Lipinski definition) is 2. The highest BCUT2D eigenvalue weighted by molar-refractivity contribution is 7.89. The fraction of sp³-hybridized carbons (Fsp3) is 0.294. The summed E-state index contributed by atoms with van der Waals surface area (Å²) in [6, 6.07) is 7.77. The molecule has 26 heavy (non-hydrogen) atoms. The van der Waals surface area contributed by atoms with Gasteiger partial charge in [-0.25, -0.2) is 13.1 Å². The number of carbonyl (C=O) groups is 2. The maximum atomic E-state index is 12.3. The fourth-order valence-electron chi connectivity index (χ4n) is 2.73. The monoisotopic (exact) mass is 393 g/mol. The van der Waals surface area contributed by atoms with Crippen LogP contribution in [0, 0.1) is 0 Å².